The number of hydrogen-bond donors (Lipinski definition) is 0. The SMILES string of the molecule is CCCCC(c1ccccc1)C(c1ccccc1)[C-]([CH-]c1ccccc1)c1ccccc1.[Li+].[Li+]. The number of hydrogen-bond acceptors (Lipinski definition) is 0. The van der Waals surface area contributed by atoms with E-state index in [1.807, 2.05) is 0 Å². The van der Waals surface area contributed by atoms with Crippen molar-refractivity contribution < 1.29 is 37.7 Å². The fourth-order valence-electron chi connectivity index (χ4n) is 4.65. The third-order valence-electron chi connectivity index (χ3n) is 6.22. The van der Waals surface area contributed by atoms with Gasteiger partial charge in [-0.2, -0.15) is 41.3 Å². The molecule has 34 heavy (non-hydrogen) atoms. The molecule has 0 spiro atoms. The number of unbranched alkanes of at least 4 members (excludes halogenated alkanes) is 1. The first-order chi connectivity index (χ1) is 15.9. The zero-order valence-corrected chi connectivity index (χ0v) is 20.9. The van der Waals surface area contributed by atoms with Crippen molar-refractivity contribution in [3.63, 3.8) is 0 Å². The van der Waals surface area contributed by atoms with Crippen LogP contribution < -0.4 is 37.7 Å². The normalized spacial score (nSPS) is 11.9. The van der Waals surface area contributed by atoms with E-state index in [1.54, 1.807) is 0 Å². The Morgan fingerprint density at radius 1 is 0.618 bits per heavy atom. The summed E-state index contributed by atoms with van der Waals surface area (Å²) in [5.41, 5.74) is 5.34. The smallest absolute Gasteiger partial charge is 0.215 e. The fraction of sp³-hybridized carbons (Fsp3) is 0.188. The van der Waals surface area contributed by atoms with Gasteiger partial charge in [0.05, 0.1) is 0 Å². The molecular weight excluding hydrogens is 398 g/mol. The van der Waals surface area contributed by atoms with Crippen LogP contribution in [0.25, 0.3) is 0 Å². The van der Waals surface area contributed by atoms with Crippen molar-refractivity contribution in [3.05, 3.63) is 156 Å². The summed E-state index contributed by atoms with van der Waals surface area (Å²) in [5.74, 6) is 2.06. The molecule has 2 atom stereocenters. The third-order valence-corrected chi connectivity index (χ3v) is 6.22. The van der Waals surface area contributed by atoms with Crippen LogP contribution in [-0.4, -0.2) is 0 Å². The largest absolute Gasteiger partial charge is 1.00 e. The van der Waals surface area contributed by atoms with Crippen LogP contribution in [0.5, 0.6) is 0 Å². The molecule has 0 N–H and O–H groups in total. The summed E-state index contributed by atoms with van der Waals surface area (Å²) in [4.78, 5) is 0. The molecule has 162 valence electrons. The van der Waals surface area contributed by atoms with E-state index in [4.69, 9.17) is 0 Å². The molecule has 4 aromatic rings. The Labute approximate surface area is 230 Å². The van der Waals surface area contributed by atoms with Gasteiger partial charge in [0, 0.05) is 0 Å². The van der Waals surface area contributed by atoms with Crippen molar-refractivity contribution in [1.82, 2.24) is 0 Å². The molecule has 0 aliphatic heterocycles. The zero-order chi connectivity index (χ0) is 22.0. The second-order valence-corrected chi connectivity index (χ2v) is 8.42. The van der Waals surface area contributed by atoms with Gasteiger partial charge in [0.25, 0.3) is 0 Å². The average Bonchev–Trinajstić information content (AvgIpc) is 2.88. The summed E-state index contributed by atoms with van der Waals surface area (Å²) in [7, 11) is 0. The van der Waals surface area contributed by atoms with Gasteiger partial charge in [-0.15, -0.1) is 24.3 Å². The van der Waals surface area contributed by atoms with Crippen molar-refractivity contribution in [2.24, 2.45) is 0 Å². The summed E-state index contributed by atoms with van der Waals surface area (Å²) in [6.45, 7) is 2.29. The summed E-state index contributed by atoms with van der Waals surface area (Å²) in [6, 6.07) is 43.8. The Morgan fingerprint density at radius 3 is 1.62 bits per heavy atom. The van der Waals surface area contributed by atoms with Crippen LogP contribution in [0.2, 0.25) is 0 Å². The van der Waals surface area contributed by atoms with E-state index in [1.165, 1.54) is 47.4 Å². The van der Waals surface area contributed by atoms with Gasteiger partial charge in [-0.3, -0.25) is 0 Å². The second kappa shape index (κ2) is 14.9. The van der Waals surface area contributed by atoms with E-state index >= 15 is 0 Å². The van der Waals surface area contributed by atoms with Crippen LogP contribution in [0.15, 0.2) is 121 Å². The maximum atomic E-state index is 2.40. The molecule has 4 aromatic carbocycles. The minimum atomic E-state index is 0. The number of rotatable bonds is 10. The van der Waals surface area contributed by atoms with Crippen molar-refractivity contribution in [2.45, 2.75) is 38.0 Å². The van der Waals surface area contributed by atoms with Gasteiger partial charge < -0.3 is 0 Å². The molecule has 4 rings (SSSR count). The van der Waals surface area contributed by atoms with E-state index in [-0.39, 0.29) is 43.6 Å². The van der Waals surface area contributed by atoms with Crippen LogP contribution in [0.3, 0.4) is 0 Å². The molecule has 0 aliphatic carbocycles. The summed E-state index contributed by atoms with van der Waals surface area (Å²) in [5, 5.41) is 0. The van der Waals surface area contributed by atoms with Gasteiger partial charge in [0.1, 0.15) is 0 Å². The third kappa shape index (κ3) is 7.41. The van der Waals surface area contributed by atoms with Crippen LogP contribution in [0, 0.1) is 12.3 Å². The molecule has 2 heteroatoms. The van der Waals surface area contributed by atoms with Gasteiger partial charge in [0.2, 0.25) is 0 Å². The van der Waals surface area contributed by atoms with Crippen molar-refractivity contribution in [1.29, 1.82) is 0 Å². The van der Waals surface area contributed by atoms with Crippen molar-refractivity contribution >= 4 is 0 Å². The van der Waals surface area contributed by atoms with Crippen LogP contribution >= 0.6 is 0 Å². The van der Waals surface area contributed by atoms with Crippen LogP contribution in [-0.2, 0) is 0 Å². The molecule has 0 aliphatic rings. The Bertz CT molecular complexity index is 1030. The first kappa shape index (κ1) is 28.1. The van der Waals surface area contributed by atoms with Crippen molar-refractivity contribution in [2.75, 3.05) is 0 Å². The Morgan fingerprint density at radius 2 is 1.09 bits per heavy atom. The second-order valence-electron chi connectivity index (χ2n) is 8.42. The maximum Gasteiger partial charge on any atom is 1.00 e. The van der Waals surface area contributed by atoms with Gasteiger partial charge in [-0.25, -0.2) is 6.42 Å². The fourth-order valence-corrected chi connectivity index (χ4v) is 4.65. The molecule has 0 fully saturated rings. The van der Waals surface area contributed by atoms with E-state index in [0.29, 0.717) is 5.92 Å². The molecule has 0 nitrogen and oxygen atoms in total. The topological polar surface area (TPSA) is 0 Å². The Kier molecular flexibility index (Phi) is 12.3. The van der Waals surface area contributed by atoms with Gasteiger partial charge in [-0.1, -0.05) is 98.1 Å². The van der Waals surface area contributed by atoms with Gasteiger partial charge in [0.15, 0.2) is 0 Å². The summed E-state index contributed by atoms with van der Waals surface area (Å²) in [6.07, 6.45) is 5.98. The van der Waals surface area contributed by atoms with Crippen molar-refractivity contribution in [3.8, 4) is 0 Å². The average molecular weight is 430 g/mol. The van der Waals surface area contributed by atoms with E-state index < -0.39 is 0 Å². The van der Waals surface area contributed by atoms with Crippen LogP contribution in [0.4, 0.5) is 0 Å². The first-order valence-corrected chi connectivity index (χ1v) is 11.8. The summed E-state index contributed by atoms with van der Waals surface area (Å²) < 4.78 is 0. The quantitative estimate of drug-likeness (QED) is 0.268. The molecule has 0 bridgehead atoms. The predicted molar refractivity (Wildman–Crippen MR) is 137 cm³/mol. The minimum absolute atomic E-state index is 0. The van der Waals surface area contributed by atoms with E-state index in [9.17, 15) is 0 Å². The molecule has 0 radical (unpaired) electrons. The molecular formula is C32H32Li2. The Balaban J connectivity index is 0.00000204. The molecule has 0 aromatic heterocycles. The zero-order valence-electron chi connectivity index (χ0n) is 20.9. The molecule has 0 saturated heterocycles. The van der Waals surface area contributed by atoms with Gasteiger partial charge >= 0.3 is 37.7 Å². The number of benzene rings is 4. The minimum Gasteiger partial charge on any atom is -0.215 e. The van der Waals surface area contributed by atoms with E-state index in [2.05, 4.69) is 135 Å². The first-order valence-electron chi connectivity index (χ1n) is 11.8. The molecule has 0 heterocycles. The van der Waals surface area contributed by atoms with E-state index in [0.717, 1.165) is 0 Å². The molecule has 2 unspecified atom stereocenters. The predicted octanol–water partition coefficient (Wildman–Crippen LogP) is 2.63. The van der Waals surface area contributed by atoms with Gasteiger partial charge in [-0.05, 0) is 23.8 Å². The molecule has 0 saturated carbocycles. The standard InChI is InChI=1S/C32H32.2Li/c1-2-3-24-30(27-18-10-5-11-19-27)32(29-22-14-7-15-23-29)31(28-20-12-6-13-21-28)25-26-16-8-4-9-17-26;;/h4-23,25,30,32H,2-3,24H2,1H3;;/q-2;2*+1. The maximum absolute atomic E-state index is 2.40. The van der Waals surface area contributed by atoms with Crippen LogP contribution in [0.1, 0.15) is 60.3 Å². The molecule has 0 amide bonds. The Hall–Kier alpha value is -2.19. The summed E-state index contributed by atoms with van der Waals surface area (Å²) >= 11 is 0. The monoisotopic (exact) mass is 430 g/mol.